The summed E-state index contributed by atoms with van der Waals surface area (Å²) in [4.78, 5) is 4.00. The van der Waals surface area contributed by atoms with Crippen molar-refractivity contribution in [1.82, 2.24) is 10.3 Å². The highest BCUT2D eigenvalue weighted by Gasteiger charge is 2.15. The maximum atomic E-state index is 14.2. The average Bonchev–Trinajstić information content (AvgIpc) is 2.91. The van der Waals surface area contributed by atoms with E-state index in [1.54, 1.807) is 6.07 Å². The third-order valence-corrected chi connectivity index (χ3v) is 4.69. The highest BCUT2D eigenvalue weighted by molar-refractivity contribution is 7.99. The van der Waals surface area contributed by atoms with Crippen LogP contribution in [0.1, 0.15) is 18.5 Å². The smallest absolute Gasteiger partial charge is 0.137 e. The van der Waals surface area contributed by atoms with E-state index in [4.69, 9.17) is 0 Å². The van der Waals surface area contributed by atoms with Crippen molar-refractivity contribution in [2.75, 3.05) is 7.05 Å². The summed E-state index contributed by atoms with van der Waals surface area (Å²) >= 11 is 1.44. The molecule has 0 saturated heterocycles. The Kier molecular flexibility index (Phi) is 3.99. The summed E-state index contributed by atoms with van der Waals surface area (Å²) in [6.07, 6.45) is 0. The lowest BCUT2D eigenvalue weighted by atomic mass is 10.1. The van der Waals surface area contributed by atoms with E-state index in [1.165, 1.54) is 17.8 Å². The Balaban J connectivity index is 2.00. The van der Waals surface area contributed by atoms with Crippen molar-refractivity contribution in [3.8, 4) is 0 Å². The van der Waals surface area contributed by atoms with Gasteiger partial charge in [0.2, 0.25) is 0 Å². The molecule has 0 spiro atoms. The zero-order valence-corrected chi connectivity index (χ0v) is 12.8. The standard InChI is InChI=1S/C17H17FN2S/c1-11(19-2)13-7-5-8-14(18)17(13)21-16-10-12-6-3-4-9-15(12)20-16/h3-11,19-20H,1-2H3. The molecule has 21 heavy (non-hydrogen) atoms. The molecule has 4 heteroatoms. The minimum atomic E-state index is -0.182. The van der Waals surface area contributed by atoms with Gasteiger partial charge in [-0.2, -0.15) is 0 Å². The first kappa shape index (κ1) is 14.2. The Morgan fingerprint density at radius 1 is 1.14 bits per heavy atom. The normalized spacial score (nSPS) is 12.7. The third-order valence-electron chi connectivity index (χ3n) is 3.61. The van der Waals surface area contributed by atoms with E-state index in [0.717, 1.165) is 21.5 Å². The highest BCUT2D eigenvalue weighted by atomic mass is 32.2. The molecule has 0 aliphatic carbocycles. The van der Waals surface area contributed by atoms with Crippen LogP contribution in [-0.4, -0.2) is 12.0 Å². The van der Waals surface area contributed by atoms with Crippen LogP contribution < -0.4 is 5.32 Å². The minimum Gasteiger partial charge on any atom is -0.349 e. The molecule has 3 rings (SSSR count). The summed E-state index contributed by atoms with van der Waals surface area (Å²) in [5, 5.41) is 5.26. The van der Waals surface area contributed by atoms with Gasteiger partial charge in [-0.15, -0.1) is 0 Å². The average molecular weight is 300 g/mol. The molecule has 0 aliphatic rings. The second-order valence-corrected chi connectivity index (χ2v) is 6.04. The van der Waals surface area contributed by atoms with Crippen LogP contribution in [0.5, 0.6) is 0 Å². The summed E-state index contributed by atoms with van der Waals surface area (Å²) in [5.74, 6) is -0.182. The van der Waals surface area contributed by atoms with Crippen LogP contribution in [0, 0.1) is 5.82 Å². The van der Waals surface area contributed by atoms with Crippen molar-refractivity contribution in [2.45, 2.75) is 22.9 Å². The van der Waals surface area contributed by atoms with Gasteiger partial charge in [0.05, 0.1) is 9.92 Å². The maximum Gasteiger partial charge on any atom is 0.137 e. The Morgan fingerprint density at radius 2 is 1.95 bits per heavy atom. The van der Waals surface area contributed by atoms with Crippen LogP contribution in [-0.2, 0) is 0 Å². The molecular weight excluding hydrogens is 283 g/mol. The largest absolute Gasteiger partial charge is 0.349 e. The molecule has 2 nitrogen and oxygen atoms in total. The van der Waals surface area contributed by atoms with Gasteiger partial charge in [0.1, 0.15) is 5.82 Å². The fraction of sp³-hybridized carbons (Fsp3) is 0.176. The van der Waals surface area contributed by atoms with Gasteiger partial charge in [0, 0.05) is 16.9 Å². The fourth-order valence-corrected chi connectivity index (χ4v) is 3.44. The third kappa shape index (κ3) is 2.82. The molecule has 108 valence electrons. The zero-order valence-electron chi connectivity index (χ0n) is 12.0. The van der Waals surface area contributed by atoms with Crippen LogP contribution in [0.25, 0.3) is 10.9 Å². The van der Waals surface area contributed by atoms with E-state index in [-0.39, 0.29) is 11.9 Å². The first-order valence-corrected chi connectivity index (χ1v) is 7.72. The summed E-state index contributed by atoms with van der Waals surface area (Å²) in [6.45, 7) is 2.03. The maximum absolute atomic E-state index is 14.2. The molecule has 1 aromatic heterocycles. The summed E-state index contributed by atoms with van der Waals surface area (Å²) < 4.78 is 14.2. The molecule has 0 saturated carbocycles. The van der Waals surface area contributed by atoms with E-state index in [0.29, 0.717) is 4.90 Å². The van der Waals surface area contributed by atoms with Crippen LogP contribution in [0.4, 0.5) is 4.39 Å². The molecule has 3 aromatic rings. The van der Waals surface area contributed by atoms with Crippen molar-refractivity contribution < 1.29 is 4.39 Å². The van der Waals surface area contributed by atoms with Crippen molar-refractivity contribution in [1.29, 1.82) is 0 Å². The fourth-order valence-electron chi connectivity index (χ4n) is 2.34. The predicted molar refractivity (Wildman–Crippen MR) is 86.3 cm³/mol. The molecule has 1 heterocycles. The molecule has 0 fully saturated rings. The minimum absolute atomic E-state index is 0.104. The lowest BCUT2D eigenvalue weighted by Crippen LogP contribution is -2.13. The Labute approximate surface area is 127 Å². The number of aromatic amines is 1. The van der Waals surface area contributed by atoms with Gasteiger partial charge < -0.3 is 10.3 Å². The van der Waals surface area contributed by atoms with E-state index in [9.17, 15) is 4.39 Å². The zero-order chi connectivity index (χ0) is 14.8. The number of aromatic nitrogens is 1. The number of para-hydroxylation sites is 1. The quantitative estimate of drug-likeness (QED) is 0.728. The summed E-state index contributed by atoms with van der Waals surface area (Å²) in [7, 11) is 1.88. The van der Waals surface area contributed by atoms with Gasteiger partial charge in [-0.25, -0.2) is 4.39 Å². The van der Waals surface area contributed by atoms with Crippen LogP contribution in [0.3, 0.4) is 0 Å². The Morgan fingerprint density at radius 3 is 2.71 bits per heavy atom. The van der Waals surface area contributed by atoms with Gasteiger partial charge in [-0.05, 0) is 37.7 Å². The van der Waals surface area contributed by atoms with Crippen LogP contribution in [0.2, 0.25) is 0 Å². The number of benzene rings is 2. The summed E-state index contributed by atoms with van der Waals surface area (Å²) in [6, 6.07) is 15.5. The molecule has 1 atom stereocenters. The number of nitrogens with one attached hydrogen (secondary N) is 2. The molecule has 1 unspecified atom stereocenters. The number of fused-ring (bicyclic) bond motifs is 1. The second kappa shape index (κ2) is 5.92. The molecule has 0 aliphatic heterocycles. The van der Waals surface area contributed by atoms with Crippen LogP contribution in [0.15, 0.2) is 58.5 Å². The molecule has 0 radical (unpaired) electrons. The number of H-pyrrole nitrogens is 1. The number of halogens is 1. The SMILES string of the molecule is CNC(C)c1cccc(F)c1Sc1cc2ccccc2[nH]1. The predicted octanol–water partition coefficient (Wildman–Crippen LogP) is 4.74. The highest BCUT2D eigenvalue weighted by Crippen LogP contribution is 2.36. The first-order chi connectivity index (χ1) is 10.2. The van der Waals surface area contributed by atoms with Gasteiger partial charge in [0.25, 0.3) is 0 Å². The van der Waals surface area contributed by atoms with Crippen molar-refractivity contribution in [3.05, 3.63) is 59.9 Å². The monoisotopic (exact) mass is 300 g/mol. The van der Waals surface area contributed by atoms with Crippen molar-refractivity contribution >= 4 is 22.7 Å². The van der Waals surface area contributed by atoms with E-state index in [1.807, 2.05) is 44.3 Å². The lowest BCUT2D eigenvalue weighted by Gasteiger charge is -2.15. The topological polar surface area (TPSA) is 27.8 Å². The van der Waals surface area contributed by atoms with Gasteiger partial charge >= 0.3 is 0 Å². The lowest BCUT2D eigenvalue weighted by molar-refractivity contribution is 0.575. The number of hydrogen-bond acceptors (Lipinski definition) is 2. The van der Waals surface area contributed by atoms with Crippen LogP contribution >= 0.6 is 11.8 Å². The second-order valence-electron chi connectivity index (χ2n) is 4.99. The van der Waals surface area contributed by atoms with Gasteiger partial charge in [-0.3, -0.25) is 0 Å². The van der Waals surface area contributed by atoms with Gasteiger partial charge in [-0.1, -0.05) is 42.1 Å². The summed E-state index contributed by atoms with van der Waals surface area (Å²) in [5.41, 5.74) is 2.04. The molecule has 2 aromatic carbocycles. The molecule has 2 N–H and O–H groups in total. The van der Waals surface area contributed by atoms with Gasteiger partial charge in [0.15, 0.2) is 0 Å². The van der Waals surface area contributed by atoms with E-state index >= 15 is 0 Å². The molecule has 0 amide bonds. The van der Waals surface area contributed by atoms with E-state index in [2.05, 4.69) is 16.4 Å². The Hall–Kier alpha value is -1.78. The molecule has 0 bridgehead atoms. The van der Waals surface area contributed by atoms with E-state index < -0.39 is 0 Å². The first-order valence-electron chi connectivity index (χ1n) is 6.90. The van der Waals surface area contributed by atoms with Crippen molar-refractivity contribution in [3.63, 3.8) is 0 Å². The Bertz CT molecular complexity index is 733. The number of rotatable bonds is 4. The molecular formula is C17H17FN2S. The van der Waals surface area contributed by atoms with Crippen molar-refractivity contribution in [2.24, 2.45) is 0 Å². The number of hydrogen-bond donors (Lipinski definition) is 2.